The average molecular weight is 391 g/mol. The zero-order chi connectivity index (χ0) is 20.5. The van der Waals surface area contributed by atoms with Crippen LogP contribution >= 0.6 is 0 Å². The minimum atomic E-state index is -0.115. The Hall–Kier alpha value is -3.47. The number of carbonyl (C=O) groups excluding carboxylic acids is 1. The second-order valence-corrected chi connectivity index (χ2v) is 6.48. The van der Waals surface area contributed by atoms with Crippen LogP contribution in [0.4, 0.5) is 0 Å². The first-order valence-corrected chi connectivity index (χ1v) is 9.46. The van der Waals surface area contributed by atoms with Gasteiger partial charge in [0, 0.05) is 19.2 Å². The zero-order valence-corrected chi connectivity index (χ0v) is 16.7. The van der Waals surface area contributed by atoms with Crippen LogP contribution < -0.4 is 14.2 Å². The fourth-order valence-electron chi connectivity index (χ4n) is 2.96. The second kappa shape index (κ2) is 10.2. The van der Waals surface area contributed by atoms with E-state index in [1.807, 2.05) is 66.7 Å². The third kappa shape index (κ3) is 5.51. The van der Waals surface area contributed by atoms with E-state index in [0.29, 0.717) is 31.1 Å². The Balaban J connectivity index is 1.61. The van der Waals surface area contributed by atoms with Gasteiger partial charge in [-0.2, -0.15) is 0 Å². The lowest BCUT2D eigenvalue weighted by Crippen LogP contribution is -2.27. The van der Waals surface area contributed by atoms with Gasteiger partial charge < -0.3 is 19.1 Å². The molecule has 3 aromatic rings. The van der Waals surface area contributed by atoms with Gasteiger partial charge in [0.2, 0.25) is 0 Å². The number of carbonyl (C=O) groups is 1. The van der Waals surface area contributed by atoms with Crippen LogP contribution in [0.1, 0.15) is 15.9 Å². The van der Waals surface area contributed by atoms with Crippen molar-refractivity contribution >= 4 is 5.91 Å². The predicted molar refractivity (Wildman–Crippen MR) is 113 cm³/mol. The molecule has 0 radical (unpaired) electrons. The van der Waals surface area contributed by atoms with Gasteiger partial charge in [-0.05, 0) is 30.3 Å². The Morgan fingerprint density at radius 1 is 0.793 bits per heavy atom. The highest BCUT2D eigenvalue weighted by atomic mass is 16.5. The minimum Gasteiger partial charge on any atom is -0.496 e. The maximum atomic E-state index is 13.0. The third-order valence-corrected chi connectivity index (χ3v) is 4.42. The highest BCUT2D eigenvalue weighted by Gasteiger charge is 2.18. The summed E-state index contributed by atoms with van der Waals surface area (Å²) in [6, 6.07) is 24.5. The molecular weight excluding hydrogens is 366 g/mol. The van der Waals surface area contributed by atoms with Crippen molar-refractivity contribution in [3.63, 3.8) is 0 Å². The fourth-order valence-corrected chi connectivity index (χ4v) is 2.96. The number of benzene rings is 3. The molecule has 0 fully saturated rings. The van der Waals surface area contributed by atoms with Gasteiger partial charge in [0.15, 0.2) is 0 Å². The molecule has 150 valence electrons. The monoisotopic (exact) mass is 391 g/mol. The molecule has 0 aliphatic carbocycles. The Morgan fingerprint density at radius 2 is 1.41 bits per heavy atom. The third-order valence-electron chi connectivity index (χ3n) is 4.42. The maximum Gasteiger partial charge on any atom is 0.257 e. The molecule has 0 unspecified atom stereocenters. The SMILES string of the molecule is COc1ccccc1CN(C)C(=O)c1ccccc1OCCOc1ccccc1. The van der Waals surface area contributed by atoms with Crippen LogP contribution in [0.2, 0.25) is 0 Å². The highest BCUT2D eigenvalue weighted by Crippen LogP contribution is 2.23. The van der Waals surface area contributed by atoms with Gasteiger partial charge in [-0.15, -0.1) is 0 Å². The summed E-state index contributed by atoms with van der Waals surface area (Å²) < 4.78 is 16.9. The van der Waals surface area contributed by atoms with Crippen LogP contribution in [0.3, 0.4) is 0 Å². The van der Waals surface area contributed by atoms with E-state index in [1.165, 1.54) is 0 Å². The van der Waals surface area contributed by atoms with Gasteiger partial charge in [0.25, 0.3) is 5.91 Å². The number of ether oxygens (including phenoxy) is 3. The Kier molecular flexibility index (Phi) is 7.11. The smallest absolute Gasteiger partial charge is 0.257 e. The first kappa shape index (κ1) is 20.3. The summed E-state index contributed by atoms with van der Waals surface area (Å²) in [5, 5.41) is 0. The second-order valence-electron chi connectivity index (χ2n) is 6.48. The summed E-state index contributed by atoms with van der Waals surface area (Å²) in [5.74, 6) is 1.98. The average Bonchev–Trinajstić information content (AvgIpc) is 2.77. The molecule has 0 saturated heterocycles. The quantitative estimate of drug-likeness (QED) is 0.507. The van der Waals surface area contributed by atoms with E-state index < -0.39 is 0 Å². The summed E-state index contributed by atoms with van der Waals surface area (Å²) in [6.45, 7) is 1.17. The molecule has 3 aromatic carbocycles. The van der Waals surface area contributed by atoms with E-state index in [4.69, 9.17) is 14.2 Å². The number of rotatable bonds is 9. The lowest BCUT2D eigenvalue weighted by molar-refractivity contribution is 0.0778. The molecule has 5 nitrogen and oxygen atoms in total. The largest absolute Gasteiger partial charge is 0.496 e. The number of nitrogens with zero attached hydrogens (tertiary/aromatic N) is 1. The van der Waals surface area contributed by atoms with E-state index in [9.17, 15) is 4.79 Å². The van der Waals surface area contributed by atoms with E-state index in [2.05, 4.69) is 0 Å². The number of hydrogen-bond donors (Lipinski definition) is 0. The molecule has 5 heteroatoms. The van der Waals surface area contributed by atoms with Gasteiger partial charge in [0.05, 0.1) is 12.7 Å². The molecular formula is C24H25NO4. The molecule has 0 bridgehead atoms. The molecule has 1 amide bonds. The van der Waals surface area contributed by atoms with Crippen LogP contribution in [0.5, 0.6) is 17.2 Å². The van der Waals surface area contributed by atoms with Gasteiger partial charge >= 0.3 is 0 Å². The van der Waals surface area contributed by atoms with Crippen LogP contribution in [-0.4, -0.2) is 38.2 Å². The van der Waals surface area contributed by atoms with E-state index in [0.717, 1.165) is 17.1 Å². The molecule has 0 saturated carbocycles. The summed E-state index contributed by atoms with van der Waals surface area (Å²) in [5.41, 5.74) is 1.46. The lowest BCUT2D eigenvalue weighted by Gasteiger charge is -2.20. The topological polar surface area (TPSA) is 48.0 Å². The summed E-state index contributed by atoms with van der Waals surface area (Å²) >= 11 is 0. The van der Waals surface area contributed by atoms with Crippen molar-refractivity contribution < 1.29 is 19.0 Å². The van der Waals surface area contributed by atoms with Crippen LogP contribution in [0, 0.1) is 0 Å². The highest BCUT2D eigenvalue weighted by molar-refractivity contribution is 5.96. The lowest BCUT2D eigenvalue weighted by atomic mass is 10.1. The molecule has 0 N–H and O–H groups in total. The molecule has 0 aromatic heterocycles. The molecule has 0 aliphatic heterocycles. The van der Waals surface area contributed by atoms with Crippen molar-refractivity contribution in [2.45, 2.75) is 6.54 Å². The first-order chi connectivity index (χ1) is 14.2. The molecule has 0 aliphatic rings. The Bertz CT molecular complexity index is 927. The summed E-state index contributed by atoms with van der Waals surface area (Å²) in [7, 11) is 3.39. The standard InChI is InChI=1S/C24H25NO4/c1-25(18-19-10-6-8-14-22(19)27-2)24(26)21-13-7-9-15-23(21)29-17-16-28-20-11-4-3-5-12-20/h3-15H,16-18H2,1-2H3. The van der Waals surface area contributed by atoms with Crippen molar-refractivity contribution in [3.8, 4) is 17.2 Å². The number of para-hydroxylation sites is 3. The zero-order valence-electron chi connectivity index (χ0n) is 16.7. The fraction of sp³-hybridized carbons (Fsp3) is 0.208. The van der Waals surface area contributed by atoms with Crippen molar-refractivity contribution in [3.05, 3.63) is 90.0 Å². The molecule has 0 atom stereocenters. The molecule has 0 heterocycles. The first-order valence-electron chi connectivity index (χ1n) is 9.46. The van der Waals surface area contributed by atoms with E-state index in [-0.39, 0.29) is 5.91 Å². The van der Waals surface area contributed by atoms with Gasteiger partial charge in [0.1, 0.15) is 30.5 Å². The van der Waals surface area contributed by atoms with Crippen molar-refractivity contribution in [2.75, 3.05) is 27.4 Å². The minimum absolute atomic E-state index is 0.115. The summed E-state index contributed by atoms with van der Waals surface area (Å²) in [6.07, 6.45) is 0. The maximum absolute atomic E-state index is 13.0. The van der Waals surface area contributed by atoms with Gasteiger partial charge in [-0.1, -0.05) is 48.5 Å². The molecule has 29 heavy (non-hydrogen) atoms. The van der Waals surface area contributed by atoms with Gasteiger partial charge in [-0.3, -0.25) is 4.79 Å². The Labute approximate surface area is 171 Å². The summed E-state index contributed by atoms with van der Waals surface area (Å²) in [4.78, 5) is 14.7. The number of amides is 1. The van der Waals surface area contributed by atoms with E-state index >= 15 is 0 Å². The van der Waals surface area contributed by atoms with Crippen LogP contribution in [0.15, 0.2) is 78.9 Å². The predicted octanol–water partition coefficient (Wildman–Crippen LogP) is 4.43. The van der Waals surface area contributed by atoms with Crippen molar-refractivity contribution in [2.24, 2.45) is 0 Å². The van der Waals surface area contributed by atoms with Crippen molar-refractivity contribution in [1.29, 1.82) is 0 Å². The molecule has 3 rings (SSSR count). The number of hydrogen-bond acceptors (Lipinski definition) is 4. The van der Waals surface area contributed by atoms with Crippen LogP contribution in [0.25, 0.3) is 0 Å². The van der Waals surface area contributed by atoms with Crippen molar-refractivity contribution in [1.82, 2.24) is 4.90 Å². The van der Waals surface area contributed by atoms with Crippen LogP contribution in [-0.2, 0) is 6.54 Å². The van der Waals surface area contributed by atoms with E-state index in [1.54, 1.807) is 31.2 Å². The normalized spacial score (nSPS) is 10.3. The Morgan fingerprint density at radius 3 is 2.17 bits per heavy atom. The molecule has 0 spiro atoms. The van der Waals surface area contributed by atoms with Gasteiger partial charge in [-0.25, -0.2) is 0 Å². The number of methoxy groups -OCH3 is 1.